The molecule has 2 fully saturated rings. The molecule has 0 bridgehead atoms. The minimum Gasteiger partial charge on any atom is -0.316 e. The lowest BCUT2D eigenvalue weighted by Crippen LogP contribution is -2.55. The predicted octanol–water partition coefficient (Wildman–Crippen LogP) is 2.54. The SMILES string of the molecule is CCC1(NCC2(C(C)C)CCNC2)CCC1. The van der Waals surface area contributed by atoms with Gasteiger partial charge >= 0.3 is 0 Å². The van der Waals surface area contributed by atoms with Crippen LogP contribution in [0.4, 0.5) is 0 Å². The molecule has 2 heteroatoms. The Kier molecular flexibility index (Phi) is 3.60. The van der Waals surface area contributed by atoms with Crippen LogP contribution in [-0.4, -0.2) is 25.2 Å². The molecule has 1 saturated heterocycles. The second kappa shape index (κ2) is 4.66. The van der Waals surface area contributed by atoms with Gasteiger partial charge in [0.2, 0.25) is 0 Å². The molecule has 0 radical (unpaired) electrons. The third-order valence-electron chi connectivity index (χ3n) is 5.30. The first kappa shape index (κ1) is 12.4. The largest absolute Gasteiger partial charge is 0.316 e. The van der Waals surface area contributed by atoms with Gasteiger partial charge in [0.1, 0.15) is 0 Å². The molecule has 0 amide bonds. The number of nitrogens with one attached hydrogen (secondary N) is 2. The van der Waals surface area contributed by atoms with Gasteiger partial charge in [-0.15, -0.1) is 0 Å². The van der Waals surface area contributed by atoms with E-state index in [0.29, 0.717) is 11.0 Å². The Hall–Kier alpha value is -0.0800. The molecular formula is C14H28N2. The fourth-order valence-corrected chi connectivity index (χ4v) is 3.23. The van der Waals surface area contributed by atoms with Gasteiger partial charge in [-0.2, -0.15) is 0 Å². The summed E-state index contributed by atoms with van der Waals surface area (Å²) in [6.07, 6.45) is 6.86. The van der Waals surface area contributed by atoms with Crippen molar-refractivity contribution >= 4 is 0 Å². The highest BCUT2D eigenvalue weighted by molar-refractivity contribution is 4.99. The molecule has 16 heavy (non-hydrogen) atoms. The molecule has 1 unspecified atom stereocenters. The van der Waals surface area contributed by atoms with Crippen molar-refractivity contribution in [2.75, 3.05) is 19.6 Å². The second-order valence-corrected chi connectivity index (χ2v) is 6.28. The fraction of sp³-hybridized carbons (Fsp3) is 1.00. The Balaban J connectivity index is 1.91. The van der Waals surface area contributed by atoms with E-state index >= 15 is 0 Å². The third kappa shape index (κ3) is 2.14. The summed E-state index contributed by atoms with van der Waals surface area (Å²) in [6.45, 7) is 10.7. The summed E-state index contributed by atoms with van der Waals surface area (Å²) < 4.78 is 0. The first-order valence-electron chi connectivity index (χ1n) is 7.08. The zero-order valence-corrected chi connectivity index (χ0v) is 11.2. The van der Waals surface area contributed by atoms with Crippen LogP contribution in [0.3, 0.4) is 0 Å². The van der Waals surface area contributed by atoms with Gasteiger partial charge in [0, 0.05) is 18.6 Å². The molecule has 0 aromatic heterocycles. The van der Waals surface area contributed by atoms with E-state index in [1.165, 1.54) is 51.7 Å². The van der Waals surface area contributed by atoms with Crippen LogP contribution in [0.5, 0.6) is 0 Å². The van der Waals surface area contributed by atoms with Gasteiger partial charge in [-0.3, -0.25) is 0 Å². The van der Waals surface area contributed by atoms with Crippen LogP contribution in [0.1, 0.15) is 52.9 Å². The van der Waals surface area contributed by atoms with Gasteiger partial charge < -0.3 is 10.6 Å². The van der Waals surface area contributed by atoms with E-state index in [2.05, 4.69) is 31.4 Å². The summed E-state index contributed by atoms with van der Waals surface area (Å²) in [5.74, 6) is 0.781. The van der Waals surface area contributed by atoms with Gasteiger partial charge in [0.15, 0.2) is 0 Å². The average Bonchev–Trinajstić information content (AvgIpc) is 2.67. The van der Waals surface area contributed by atoms with Crippen LogP contribution in [0.15, 0.2) is 0 Å². The van der Waals surface area contributed by atoms with E-state index in [0.717, 1.165) is 5.92 Å². The van der Waals surface area contributed by atoms with Crippen LogP contribution >= 0.6 is 0 Å². The van der Waals surface area contributed by atoms with Crippen molar-refractivity contribution in [3.8, 4) is 0 Å². The lowest BCUT2D eigenvalue weighted by molar-refractivity contribution is 0.123. The van der Waals surface area contributed by atoms with Crippen molar-refractivity contribution < 1.29 is 0 Å². The van der Waals surface area contributed by atoms with Crippen molar-refractivity contribution in [2.24, 2.45) is 11.3 Å². The quantitative estimate of drug-likeness (QED) is 0.750. The Labute approximate surface area is 101 Å². The summed E-state index contributed by atoms with van der Waals surface area (Å²) in [4.78, 5) is 0. The average molecular weight is 224 g/mol. The summed E-state index contributed by atoms with van der Waals surface area (Å²) in [5.41, 5.74) is 1.02. The van der Waals surface area contributed by atoms with E-state index in [9.17, 15) is 0 Å². The van der Waals surface area contributed by atoms with Crippen molar-refractivity contribution in [1.82, 2.24) is 10.6 Å². The molecule has 1 heterocycles. The zero-order chi connectivity index (χ0) is 11.6. The van der Waals surface area contributed by atoms with Crippen LogP contribution in [0, 0.1) is 11.3 Å². The molecule has 2 nitrogen and oxygen atoms in total. The predicted molar refractivity (Wildman–Crippen MR) is 69.6 cm³/mol. The van der Waals surface area contributed by atoms with E-state index in [1.807, 2.05) is 0 Å². The summed E-state index contributed by atoms with van der Waals surface area (Å²) in [6, 6.07) is 0. The van der Waals surface area contributed by atoms with Gasteiger partial charge in [-0.05, 0) is 50.0 Å². The Morgan fingerprint density at radius 2 is 2.00 bits per heavy atom. The Morgan fingerprint density at radius 1 is 1.25 bits per heavy atom. The van der Waals surface area contributed by atoms with Crippen molar-refractivity contribution in [2.45, 2.75) is 58.4 Å². The smallest absolute Gasteiger partial charge is 0.0179 e. The maximum atomic E-state index is 3.91. The normalized spacial score (nSPS) is 33.0. The lowest BCUT2D eigenvalue weighted by Gasteiger charge is -2.45. The fourth-order valence-electron chi connectivity index (χ4n) is 3.23. The van der Waals surface area contributed by atoms with Crippen molar-refractivity contribution in [1.29, 1.82) is 0 Å². The number of rotatable bonds is 5. The second-order valence-electron chi connectivity index (χ2n) is 6.28. The summed E-state index contributed by atoms with van der Waals surface area (Å²) in [7, 11) is 0. The summed E-state index contributed by atoms with van der Waals surface area (Å²) in [5, 5.41) is 7.45. The summed E-state index contributed by atoms with van der Waals surface area (Å²) >= 11 is 0. The molecule has 2 N–H and O–H groups in total. The van der Waals surface area contributed by atoms with Crippen molar-refractivity contribution in [3.05, 3.63) is 0 Å². The van der Waals surface area contributed by atoms with E-state index in [4.69, 9.17) is 0 Å². The van der Waals surface area contributed by atoms with Crippen molar-refractivity contribution in [3.63, 3.8) is 0 Å². The van der Waals surface area contributed by atoms with Gasteiger partial charge in [0.25, 0.3) is 0 Å². The van der Waals surface area contributed by atoms with Gasteiger partial charge in [-0.1, -0.05) is 20.8 Å². The highest BCUT2D eigenvalue weighted by Gasteiger charge is 2.41. The molecule has 2 aliphatic rings. The first-order chi connectivity index (χ1) is 7.63. The minimum atomic E-state index is 0.504. The third-order valence-corrected chi connectivity index (χ3v) is 5.30. The van der Waals surface area contributed by atoms with E-state index in [-0.39, 0.29) is 0 Å². The molecule has 0 aromatic carbocycles. The standard InChI is InChI=1S/C14H28N2/c1-4-14(6-5-7-14)16-11-13(12(2)3)8-9-15-10-13/h12,15-16H,4-11H2,1-3H3. The minimum absolute atomic E-state index is 0.504. The van der Waals surface area contributed by atoms with Crippen LogP contribution in [-0.2, 0) is 0 Å². The molecule has 0 spiro atoms. The highest BCUT2D eigenvalue weighted by atomic mass is 15.0. The number of hydrogen-bond acceptors (Lipinski definition) is 2. The molecular weight excluding hydrogens is 196 g/mol. The molecule has 1 aliphatic carbocycles. The zero-order valence-electron chi connectivity index (χ0n) is 11.2. The monoisotopic (exact) mass is 224 g/mol. The van der Waals surface area contributed by atoms with Gasteiger partial charge in [-0.25, -0.2) is 0 Å². The van der Waals surface area contributed by atoms with Crippen LogP contribution in [0.2, 0.25) is 0 Å². The number of hydrogen-bond donors (Lipinski definition) is 2. The maximum Gasteiger partial charge on any atom is 0.0179 e. The molecule has 94 valence electrons. The Bertz CT molecular complexity index is 219. The first-order valence-corrected chi connectivity index (χ1v) is 7.08. The Morgan fingerprint density at radius 3 is 2.38 bits per heavy atom. The van der Waals surface area contributed by atoms with E-state index < -0.39 is 0 Å². The molecule has 2 rings (SSSR count). The molecule has 1 atom stereocenters. The van der Waals surface area contributed by atoms with Crippen LogP contribution < -0.4 is 10.6 Å². The molecule has 0 aromatic rings. The molecule has 1 aliphatic heterocycles. The van der Waals surface area contributed by atoms with E-state index in [1.54, 1.807) is 0 Å². The lowest BCUT2D eigenvalue weighted by atomic mass is 9.71. The van der Waals surface area contributed by atoms with Crippen LogP contribution in [0.25, 0.3) is 0 Å². The topological polar surface area (TPSA) is 24.1 Å². The highest BCUT2D eigenvalue weighted by Crippen LogP contribution is 2.38. The maximum absolute atomic E-state index is 3.91. The molecule has 1 saturated carbocycles. The van der Waals surface area contributed by atoms with Gasteiger partial charge in [0.05, 0.1) is 0 Å².